The molecule has 0 unspecified atom stereocenters. The molecule has 0 saturated carbocycles. The molecule has 2 aliphatic heterocycles. The molecule has 4 amide bonds. The number of hydrogen-bond acceptors (Lipinski definition) is 5. The Balaban J connectivity index is 1.69. The highest BCUT2D eigenvalue weighted by atomic mass is 16.5. The van der Waals surface area contributed by atoms with Gasteiger partial charge >= 0.3 is 6.03 Å². The van der Waals surface area contributed by atoms with Gasteiger partial charge in [-0.3, -0.25) is 9.59 Å². The van der Waals surface area contributed by atoms with E-state index in [1.807, 2.05) is 13.8 Å². The van der Waals surface area contributed by atoms with E-state index in [1.165, 1.54) is 0 Å². The van der Waals surface area contributed by atoms with Gasteiger partial charge < -0.3 is 30.3 Å². The lowest BCUT2D eigenvalue weighted by molar-refractivity contribution is -0.134. The summed E-state index contributed by atoms with van der Waals surface area (Å²) in [6, 6.07) is 4.59. The van der Waals surface area contributed by atoms with Crippen LogP contribution in [-0.4, -0.2) is 67.7 Å². The van der Waals surface area contributed by atoms with Gasteiger partial charge in [0.2, 0.25) is 5.91 Å². The maximum absolute atomic E-state index is 13.2. The lowest BCUT2D eigenvalue weighted by Gasteiger charge is -2.42. The molecule has 3 atom stereocenters. The van der Waals surface area contributed by atoms with Crippen molar-refractivity contribution < 1.29 is 23.9 Å². The minimum absolute atomic E-state index is 0.0140. The first kappa shape index (κ1) is 23.8. The Morgan fingerprint density at radius 3 is 2.62 bits per heavy atom. The van der Waals surface area contributed by atoms with Gasteiger partial charge in [0.15, 0.2) is 0 Å². The molecule has 0 radical (unpaired) electrons. The molecule has 1 aromatic carbocycles. The molecule has 32 heavy (non-hydrogen) atoms. The fraction of sp³-hybridized carbons (Fsp3) is 0.609. The largest absolute Gasteiger partial charge is 0.490 e. The van der Waals surface area contributed by atoms with Crippen molar-refractivity contribution in [3.8, 4) is 5.75 Å². The van der Waals surface area contributed by atoms with Crippen LogP contribution >= 0.6 is 0 Å². The maximum Gasteiger partial charge on any atom is 0.319 e. The number of nitrogens with one attached hydrogen (secondary N) is 3. The van der Waals surface area contributed by atoms with Crippen LogP contribution in [0.4, 0.5) is 10.5 Å². The summed E-state index contributed by atoms with van der Waals surface area (Å²) in [5.41, 5.74) is 0.929. The summed E-state index contributed by atoms with van der Waals surface area (Å²) in [7, 11) is 1.76. The van der Waals surface area contributed by atoms with Crippen molar-refractivity contribution in [2.24, 2.45) is 0 Å². The third-order valence-corrected chi connectivity index (χ3v) is 5.79. The van der Waals surface area contributed by atoms with Crippen molar-refractivity contribution in [2.75, 3.05) is 32.1 Å². The molecule has 0 aromatic heterocycles. The topological polar surface area (TPSA) is 109 Å². The fourth-order valence-corrected chi connectivity index (χ4v) is 4.06. The quantitative estimate of drug-likeness (QED) is 0.596. The van der Waals surface area contributed by atoms with Gasteiger partial charge in [-0.25, -0.2) is 4.79 Å². The summed E-state index contributed by atoms with van der Waals surface area (Å²) in [4.78, 5) is 39.0. The first-order valence-corrected chi connectivity index (χ1v) is 11.4. The molecule has 176 valence electrons. The molecule has 1 saturated heterocycles. The van der Waals surface area contributed by atoms with Crippen LogP contribution in [0.2, 0.25) is 0 Å². The van der Waals surface area contributed by atoms with Gasteiger partial charge in [0.25, 0.3) is 5.91 Å². The number of ether oxygens (including phenoxy) is 2. The second kappa shape index (κ2) is 11.2. The van der Waals surface area contributed by atoms with E-state index < -0.39 is 0 Å². The first-order valence-electron chi connectivity index (χ1n) is 11.4. The molecular weight excluding hydrogens is 412 g/mol. The van der Waals surface area contributed by atoms with Crippen LogP contribution in [-0.2, 0) is 9.53 Å². The van der Waals surface area contributed by atoms with Crippen molar-refractivity contribution >= 4 is 23.5 Å². The number of fused-ring (bicyclic) bond motifs is 2. The molecule has 0 bridgehead atoms. The number of urea groups is 1. The first-order chi connectivity index (χ1) is 15.4. The molecule has 0 aliphatic carbocycles. The summed E-state index contributed by atoms with van der Waals surface area (Å²) in [5, 5.41) is 8.39. The number of carbonyl (C=O) groups is 3. The standard InChI is InChI=1S/C23H34N4O5/c1-4-10-24-21(28)13-16-7-8-18-20(32-16)14-31-19-9-6-15(26-23(30)25-11-5-2)12-17(19)22(29)27(18)3/h6,9,12,16,18,20H,4-5,7-8,10-11,13-14H2,1-3H3,(H,24,28)(H2,25,26,30)/t16-,18-,20-/m0/s1. The average Bonchev–Trinajstić information content (AvgIpc) is 2.79. The molecule has 1 aromatic rings. The molecule has 0 spiro atoms. The Morgan fingerprint density at radius 2 is 1.88 bits per heavy atom. The number of anilines is 1. The van der Waals surface area contributed by atoms with E-state index in [2.05, 4.69) is 16.0 Å². The minimum atomic E-state index is -0.313. The number of hydrogen-bond donors (Lipinski definition) is 3. The van der Waals surface area contributed by atoms with Crippen LogP contribution in [0.25, 0.3) is 0 Å². The predicted molar refractivity (Wildman–Crippen MR) is 121 cm³/mol. The van der Waals surface area contributed by atoms with Gasteiger partial charge in [-0.1, -0.05) is 13.8 Å². The lowest BCUT2D eigenvalue weighted by atomic mass is 9.94. The second-order valence-corrected chi connectivity index (χ2v) is 8.31. The highest BCUT2D eigenvalue weighted by molar-refractivity contribution is 5.99. The Labute approximate surface area is 189 Å². The summed E-state index contributed by atoms with van der Waals surface area (Å²) in [6.45, 7) is 5.51. The Bertz CT molecular complexity index is 831. The number of rotatable bonds is 7. The zero-order valence-corrected chi connectivity index (χ0v) is 19.1. The van der Waals surface area contributed by atoms with Crippen LogP contribution in [0.3, 0.4) is 0 Å². The number of benzene rings is 1. The van der Waals surface area contributed by atoms with E-state index in [1.54, 1.807) is 30.1 Å². The van der Waals surface area contributed by atoms with Crippen LogP contribution in [0.1, 0.15) is 56.3 Å². The molecular formula is C23H34N4O5. The van der Waals surface area contributed by atoms with Gasteiger partial charge in [-0.2, -0.15) is 0 Å². The summed E-state index contributed by atoms with van der Waals surface area (Å²) in [5.74, 6) is 0.251. The van der Waals surface area contributed by atoms with Crippen LogP contribution in [0.5, 0.6) is 5.75 Å². The van der Waals surface area contributed by atoms with Crippen LogP contribution in [0.15, 0.2) is 18.2 Å². The number of carbonyl (C=O) groups excluding carboxylic acids is 3. The fourth-order valence-electron chi connectivity index (χ4n) is 4.06. The van der Waals surface area contributed by atoms with Crippen molar-refractivity contribution in [3.05, 3.63) is 23.8 Å². The molecule has 9 heteroatoms. The van der Waals surface area contributed by atoms with E-state index in [4.69, 9.17) is 9.47 Å². The van der Waals surface area contributed by atoms with E-state index in [-0.39, 0.29) is 42.7 Å². The van der Waals surface area contributed by atoms with Crippen LogP contribution < -0.4 is 20.7 Å². The average molecular weight is 447 g/mol. The molecule has 1 fully saturated rings. The molecule has 3 rings (SSSR count). The molecule has 3 N–H and O–H groups in total. The highest BCUT2D eigenvalue weighted by Gasteiger charge is 2.39. The third kappa shape index (κ3) is 5.91. The maximum atomic E-state index is 13.2. The Kier molecular flexibility index (Phi) is 8.33. The van der Waals surface area contributed by atoms with Crippen molar-refractivity contribution in [1.82, 2.24) is 15.5 Å². The predicted octanol–water partition coefficient (Wildman–Crippen LogP) is 2.51. The zero-order valence-electron chi connectivity index (χ0n) is 19.1. The van der Waals surface area contributed by atoms with E-state index in [9.17, 15) is 14.4 Å². The summed E-state index contributed by atoms with van der Waals surface area (Å²) in [6.07, 6.45) is 2.97. The summed E-state index contributed by atoms with van der Waals surface area (Å²) < 4.78 is 12.1. The summed E-state index contributed by atoms with van der Waals surface area (Å²) >= 11 is 0. The van der Waals surface area contributed by atoms with E-state index >= 15 is 0 Å². The molecule has 9 nitrogen and oxygen atoms in total. The van der Waals surface area contributed by atoms with Gasteiger partial charge in [0, 0.05) is 25.8 Å². The molecule has 2 heterocycles. The number of amides is 4. The van der Waals surface area contributed by atoms with Crippen molar-refractivity contribution in [1.29, 1.82) is 0 Å². The normalized spacial score (nSPS) is 22.5. The van der Waals surface area contributed by atoms with Gasteiger partial charge in [-0.05, 0) is 43.9 Å². The van der Waals surface area contributed by atoms with Crippen molar-refractivity contribution in [3.63, 3.8) is 0 Å². The minimum Gasteiger partial charge on any atom is -0.490 e. The highest BCUT2D eigenvalue weighted by Crippen LogP contribution is 2.32. The smallest absolute Gasteiger partial charge is 0.319 e. The van der Waals surface area contributed by atoms with E-state index in [0.29, 0.717) is 42.9 Å². The monoisotopic (exact) mass is 446 g/mol. The second-order valence-electron chi connectivity index (χ2n) is 8.31. The zero-order chi connectivity index (χ0) is 23.1. The Morgan fingerprint density at radius 1 is 1.12 bits per heavy atom. The van der Waals surface area contributed by atoms with Gasteiger partial charge in [0.1, 0.15) is 18.5 Å². The number of likely N-dealkylation sites (N-methyl/N-ethyl adjacent to an activating group) is 1. The lowest BCUT2D eigenvalue weighted by Crippen LogP contribution is -2.54. The van der Waals surface area contributed by atoms with Crippen LogP contribution in [0, 0.1) is 0 Å². The molecule has 2 aliphatic rings. The Hall–Kier alpha value is -2.81. The van der Waals surface area contributed by atoms with Gasteiger partial charge in [0.05, 0.1) is 24.1 Å². The van der Waals surface area contributed by atoms with E-state index in [0.717, 1.165) is 19.3 Å². The number of nitrogens with zero attached hydrogens (tertiary/aromatic N) is 1. The third-order valence-electron chi connectivity index (χ3n) is 5.79. The SMILES string of the molecule is CCCNC(=O)C[C@@H]1CC[C@H]2[C@H](COc3ccc(NC(=O)NCCC)cc3C(=O)N2C)O1. The van der Waals surface area contributed by atoms with Crippen molar-refractivity contribution in [2.45, 2.75) is 64.2 Å². The van der Waals surface area contributed by atoms with Gasteiger partial charge in [-0.15, -0.1) is 0 Å².